The maximum atomic E-state index is 12.2. The Morgan fingerprint density at radius 3 is 2.30 bits per heavy atom. The lowest BCUT2D eigenvalue weighted by atomic mass is 9.81. The lowest BCUT2D eigenvalue weighted by Crippen LogP contribution is -2.50. The maximum Gasteiger partial charge on any atom is 0.328 e. The van der Waals surface area contributed by atoms with Crippen LogP contribution >= 0.6 is 24.2 Å². The molecule has 1 rings (SSSR count). The molecule has 0 heterocycles. The highest BCUT2D eigenvalue weighted by molar-refractivity contribution is 7.98. The molecule has 1 fully saturated rings. The van der Waals surface area contributed by atoms with Gasteiger partial charge in [0.2, 0.25) is 11.8 Å². The molecule has 0 aliphatic heterocycles. The number of halogens is 1. The average Bonchev–Trinajstić information content (AvgIpc) is 2.61. The van der Waals surface area contributed by atoms with E-state index in [-0.39, 0.29) is 30.1 Å². The fraction of sp³-hybridized carbons (Fsp3) is 0.824. The largest absolute Gasteiger partial charge is 0.480 e. The first-order chi connectivity index (χ1) is 12.3. The maximum absolute atomic E-state index is 12.2. The van der Waals surface area contributed by atoms with Gasteiger partial charge >= 0.3 is 5.97 Å². The minimum atomic E-state index is -1.29. The summed E-state index contributed by atoms with van der Waals surface area (Å²) in [4.78, 5) is 35.2. The van der Waals surface area contributed by atoms with E-state index in [2.05, 4.69) is 10.6 Å². The van der Waals surface area contributed by atoms with Crippen molar-refractivity contribution in [2.24, 2.45) is 17.6 Å². The Morgan fingerprint density at radius 2 is 1.81 bits per heavy atom. The van der Waals surface area contributed by atoms with Gasteiger partial charge in [-0.05, 0) is 57.0 Å². The van der Waals surface area contributed by atoms with E-state index < -0.39 is 24.2 Å². The third-order valence-corrected chi connectivity index (χ3v) is 5.44. The van der Waals surface area contributed by atoms with E-state index in [1.807, 2.05) is 6.26 Å². The zero-order valence-corrected chi connectivity index (χ0v) is 17.5. The van der Waals surface area contributed by atoms with Crippen LogP contribution in [0.25, 0.3) is 0 Å². The van der Waals surface area contributed by atoms with Gasteiger partial charge < -0.3 is 26.6 Å². The fourth-order valence-corrected chi connectivity index (χ4v) is 3.53. The molecule has 0 aromatic heterocycles. The van der Waals surface area contributed by atoms with Crippen molar-refractivity contribution >= 4 is 42.0 Å². The monoisotopic (exact) mass is 425 g/mol. The quantitative estimate of drug-likeness (QED) is 0.340. The molecule has 0 aromatic carbocycles. The van der Waals surface area contributed by atoms with Gasteiger partial charge in [-0.15, -0.1) is 12.4 Å². The van der Waals surface area contributed by atoms with Gasteiger partial charge in [-0.2, -0.15) is 11.8 Å². The van der Waals surface area contributed by atoms with Crippen LogP contribution in [0, 0.1) is 11.8 Å². The summed E-state index contributed by atoms with van der Waals surface area (Å²) in [6.45, 7) is 1.88. The number of carboxylic acid groups (broad SMARTS) is 1. The molecule has 0 bridgehead atoms. The first-order valence-corrected chi connectivity index (χ1v) is 10.4. The summed E-state index contributed by atoms with van der Waals surface area (Å²) in [5, 5.41) is 23.8. The number of amides is 2. The molecule has 1 aliphatic carbocycles. The van der Waals surface area contributed by atoms with Crippen molar-refractivity contribution in [2.45, 2.75) is 57.2 Å². The molecule has 6 N–H and O–H groups in total. The van der Waals surface area contributed by atoms with Crippen molar-refractivity contribution < 1.29 is 24.6 Å². The summed E-state index contributed by atoms with van der Waals surface area (Å²) in [5.74, 6) is -0.838. The van der Waals surface area contributed by atoms with Gasteiger partial charge in [0.1, 0.15) is 0 Å². The Labute approximate surface area is 170 Å². The second kappa shape index (κ2) is 13.2. The first-order valence-electron chi connectivity index (χ1n) is 8.99. The normalized spacial score (nSPS) is 22.7. The Kier molecular flexibility index (Phi) is 12.7. The Balaban J connectivity index is 0.00000676. The van der Waals surface area contributed by atoms with Gasteiger partial charge in [0.25, 0.3) is 0 Å². The van der Waals surface area contributed by atoms with Crippen LogP contribution in [-0.2, 0) is 14.4 Å². The smallest absolute Gasteiger partial charge is 0.328 e. The lowest BCUT2D eigenvalue weighted by Gasteiger charge is -2.29. The van der Waals surface area contributed by atoms with Gasteiger partial charge in [-0.25, -0.2) is 4.79 Å². The molecule has 8 nitrogen and oxygen atoms in total. The number of nitrogens with one attached hydrogen (secondary N) is 2. The molecule has 158 valence electrons. The highest BCUT2D eigenvalue weighted by atomic mass is 35.5. The van der Waals surface area contributed by atoms with Crippen molar-refractivity contribution in [3.05, 3.63) is 0 Å². The predicted molar refractivity (Wildman–Crippen MR) is 108 cm³/mol. The van der Waals surface area contributed by atoms with Crippen molar-refractivity contribution in [2.75, 3.05) is 18.6 Å². The van der Waals surface area contributed by atoms with E-state index in [0.717, 1.165) is 18.6 Å². The average molecular weight is 426 g/mol. The zero-order valence-electron chi connectivity index (χ0n) is 15.8. The number of hydrogen-bond acceptors (Lipinski definition) is 6. The van der Waals surface area contributed by atoms with Crippen molar-refractivity contribution in [1.82, 2.24) is 10.6 Å². The molecular formula is C17H32ClN3O5S. The van der Waals surface area contributed by atoms with Crippen LogP contribution in [0.1, 0.15) is 39.0 Å². The second-order valence-electron chi connectivity index (χ2n) is 6.92. The zero-order chi connectivity index (χ0) is 19.7. The van der Waals surface area contributed by atoms with Crippen LogP contribution in [-0.4, -0.2) is 64.7 Å². The number of hydrogen-bond donors (Lipinski definition) is 5. The number of carbonyl (C=O) groups is 3. The number of aliphatic hydroxyl groups is 1. The number of aliphatic carboxylic acids is 1. The second-order valence-corrected chi connectivity index (χ2v) is 7.90. The number of thioether (sulfide) groups is 1. The minimum absolute atomic E-state index is 0. The minimum Gasteiger partial charge on any atom is -0.480 e. The Morgan fingerprint density at radius 1 is 1.22 bits per heavy atom. The molecule has 2 amide bonds. The third-order valence-electron chi connectivity index (χ3n) is 4.80. The fourth-order valence-electron chi connectivity index (χ4n) is 3.04. The molecule has 1 saturated carbocycles. The van der Waals surface area contributed by atoms with Crippen molar-refractivity contribution in [3.63, 3.8) is 0 Å². The van der Waals surface area contributed by atoms with E-state index in [1.54, 1.807) is 11.8 Å². The lowest BCUT2D eigenvalue weighted by molar-refractivity contribution is -0.145. The Bertz CT molecular complexity index is 487. The number of aliphatic hydroxyl groups excluding tert-OH is 1. The van der Waals surface area contributed by atoms with Crippen LogP contribution in [0.2, 0.25) is 0 Å². The molecule has 10 heteroatoms. The van der Waals surface area contributed by atoms with E-state index >= 15 is 0 Å². The van der Waals surface area contributed by atoms with Crippen LogP contribution < -0.4 is 16.4 Å². The Hall–Kier alpha value is -1.03. The van der Waals surface area contributed by atoms with Gasteiger partial charge in [0, 0.05) is 12.5 Å². The van der Waals surface area contributed by atoms with Gasteiger partial charge in [-0.3, -0.25) is 9.59 Å². The highest BCUT2D eigenvalue weighted by Crippen LogP contribution is 2.28. The molecule has 3 atom stereocenters. The molecule has 1 aliphatic rings. The van der Waals surface area contributed by atoms with E-state index in [9.17, 15) is 19.5 Å². The van der Waals surface area contributed by atoms with Gasteiger partial charge in [0.05, 0.1) is 12.1 Å². The molecule has 0 radical (unpaired) electrons. The topological polar surface area (TPSA) is 142 Å². The molecule has 0 aromatic rings. The highest BCUT2D eigenvalue weighted by Gasteiger charge is 2.31. The molecule has 0 saturated heterocycles. The summed E-state index contributed by atoms with van der Waals surface area (Å²) in [6, 6.07) is -1.78. The molecule has 0 spiro atoms. The SMILES string of the molecule is CSCC[C@H](N)C(=O)NCC1CCC(C(=O)N[C@@H](C(=O)O)C(C)O)CC1.Cl. The summed E-state index contributed by atoms with van der Waals surface area (Å²) < 4.78 is 0. The number of carbonyl (C=O) groups excluding carboxylic acids is 2. The van der Waals surface area contributed by atoms with Crippen molar-refractivity contribution in [3.8, 4) is 0 Å². The molecular weight excluding hydrogens is 394 g/mol. The number of rotatable bonds is 10. The summed E-state index contributed by atoms with van der Waals surface area (Å²) in [5.41, 5.74) is 5.83. The van der Waals surface area contributed by atoms with Crippen LogP contribution in [0.5, 0.6) is 0 Å². The van der Waals surface area contributed by atoms with Crippen LogP contribution in [0.4, 0.5) is 0 Å². The van der Waals surface area contributed by atoms with E-state index in [1.165, 1.54) is 6.92 Å². The summed E-state index contributed by atoms with van der Waals surface area (Å²) >= 11 is 1.65. The summed E-state index contributed by atoms with van der Waals surface area (Å²) in [7, 11) is 0. The van der Waals surface area contributed by atoms with E-state index in [0.29, 0.717) is 31.7 Å². The van der Waals surface area contributed by atoms with Crippen LogP contribution in [0.15, 0.2) is 0 Å². The number of nitrogens with two attached hydrogens (primary N) is 1. The number of carboxylic acids is 1. The predicted octanol–water partition coefficient (Wildman–Crippen LogP) is 0.361. The van der Waals surface area contributed by atoms with Gasteiger partial charge in [-0.1, -0.05) is 0 Å². The van der Waals surface area contributed by atoms with Crippen LogP contribution in [0.3, 0.4) is 0 Å². The first kappa shape index (κ1) is 26.0. The third kappa shape index (κ3) is 9.14. The molecule has 27 heavy (non-hydrogen) atoms. The molecule has 1 unspecified atom stereocenters. The standard InChI is InChI=1S/C17H31N3O5S.ClH/c1-10(21)14(17(24)25)20-15(22)12-5-3-11(4-6-12)9-19-16(23)13(18)7-8-26-2;/h10-14,21H,3-9,18H2,1-2H3,(H,19,23)(H,20,22)(H,24,25);1H/t10?,11?,12?,13-,14+;/m0./s1. The van der Waals surface area contributed by atoms with Gasteiger partial charge in [0.15, 0.2) is 6.04 Å². The van der Waals surface area contributed by atoms with E-state index in [4.69, 9.17) is 10.8 Å². The van der Waals surface area contributed by atoms with Crippen molar-refractivity contribution in [1.29, 1.82) is 0 Å². The summed E-state index contributed by atoms with van der Waals surface area (Å²) in [6.07, 6.45) is 4.30.